The number of nitrogens with one attached hydrogen (secondary N) is 1. The molecule has 0 aromatic heterocycles. The number of sulfone groups is 1. The molecule has 12 heteroatoms. The highest BCUT2D eigenvalue weighted by Gasteiger charge is 2.31. The summed E-state index contributed by atoms with van der Waals surface area (Å²) in [6.07, 6.45) is -0.174. The zero-order valence-electron chi connectivity index (χ0n) is 18.9. The van der Waals surface area contributed by atoms with Crippen LogP contribution in [0.2, 0.25) is 0 Å². The summed E-state index contributed by atoms with van der Waals surface area (Å²) in [6.45, 7) is 6.64. The molecule has 32 heavy (non-hydrogen) atoms. The van der Waals surface area contributed by atoms with Crippen molar-refractivity contribution in [3.05, 3.63) is 18.2 Å². The number of nitrogens with zero attached hydrogens (tertiary/aromatic N) is 1. The summed E-state index contributed by atoms with van der Waals surface area (Å²) in [5, 5.41) is 13.2. The summed E-state index contributed by atoms with van der Waals surface area (Å²) in [5.41, 5.74) is 0. The number of rotatable bonds is 11. The van der Waals surface area contributed by atoms with E-state index in [9.17, 15) is 26.7 Å². The first-order chi connectivity index (χ1) is 14.7. The van der Waals surface area contributed by atoms with Crippen LogP contribution in [0, 0.1) is 11.8 Å². The lowest BCUT2D eigenvalue weighted by atomic mass is 10.1. The van der Waals surface area contributed by atoms with Crippen molar-refractivity contribution in [3.8, 4) is 11.5 Å². The molecular formula is C20H32N2O8S2. The third-order valence-electron chi connectivity index (χ3n) is 4.89. The van der Waals surface area contributed by atoms with Crippen molar-refractivity contribution in [1.82, 2.24) is 9.62 Å². The Morgan fingerprint density at radius 3 is 2.31 bits per heavy atom. The molecule has 0 saturated carbocycles. The molecule has 3 atom stereocenters. The Labute approximate surface area is 189 Å². The van der Waals surface area contributed by atoms with E-state index in [-0.39, 0.29) is 36.4 Å². The van der Waals surface area contributed by atoms with Gasteiger partial charge in [-0.3, -0.25) is 4.79 Å². The van der Waals surface area contributed by atoms with E-state index in [1.807, 2.05) is 13.8 Å². The van der Waals surface area contributed by atoms with Crippen LogP contribution in [0.15, 0.2) is 23.1 Å². The zero-order chi connectivity index (χ0) is 24.3. The van der Waals surface area contributed by atoms with E-state index in [1.54, 1.807) is 0 Å². The standard InChI is InChI=1S/C20H32N2O8S2/c1-13(2)9-22(32(27,28)16-6-7-18-19(8-16)30-12-29-18)10-17(23)15(4)21-20(24)14(3)11-31(5,25)26/h6-8,13-15,17,23H,9-12H2,1-5H3,(H,21,24)/t14-,15+,17-/m1/s1. The summed E-state index contributed by atoms with van der Waals surface area (Å²) in [4.78, 5) is 12.3. The lowest BCUT2D eigenvalue weighted by Crippen LogP contribution is -2.50. The Morgan fingerprint density at radius 2 is 1.72 bits per heavy atom. The van der Waals surface area contributed by atoms with Gasteiger partial charge in [-0.2, -0.15) is 4.31 Å². The summed E-state index contributed by atoms with van der Waals surface area (Å²) < 4.78 is 61.0. The largest absolute Gasteiger partial charge is 0.454 e. The molecule has 2 N–H and O–H groups in total. The van der Waals surface area contributed by atoms with Gasteiger partial charge in [0.15, 0.2) is 11.5 Å². The molecule has 1 aliphatic rings. The lowest BCUT2D eigenvalue weighted by Gasteiger charge is -2.29. The number of fused-ring (bicyclic) bond motifs is 1. The summed E-state index contributed by atoms with van der Waals surface area (Å²) in [6, 6.07) is 3.52. The molecule has 1 heterocycles. The van der Waals surface area contributed by atoms with Gasteiger partial charge in [0, 0.05) is 31.3 Å². The van der Waals surface area contributed by atoms with Crippen LogP contribution in [0.4, 0.5) is 0 Å². The first-order valence-corrected chi connectivity index (χ1v) is 13.8. The Morgan fingerprint density at radius 1 is 1.09 bits per heavy atom. The fourth-order valence-electron chi connectivity index (χ4n) is 3.22. The van der Waals surface area contributed by atoms with Crippen LogP contribution < -0.4 is 14.8 Å². The van der Waals surface area contributed by atoms with E-state index < -0.39 is 43.8 Å². The van der Waals surface area contributed by atoms with E-state index >= 15 is 0 Å². The number of carbonyl (C=O) groups is 1. The van der Waals surface area contributed by atoms with Crippen LogP contribution in [-0.4, -0.2) is 76.2 Å². The number of hydrogen-bond acceptors (Lipinski definition) is 8. The molecule has 2 rings (SSSR count). The quantitative estimate of drug-likeness (QED) is 0.458. The Kier molecular flexibility index (Phi) is 8.54. The molecule has 1 aliphatic heterocycles. The minimum atomic E-state index is -3.97. The average molecular weight is 493 g/mol. The smallest absolute Gasteiger partial charge is 0.243 e. The molecule has 1 amide bonds. The maximum Gasteiger partial charge on any atom is 0.243 e. The molecule has 182 valence electrons. The fourth-order valence-corrected chi connectivity index (χ4v) is 5.92. The van der Waals surface area contributed by atoms with Gasteiger partial charge < -0.3 is 19.9 Å². The average Bonchev–Trinajstić information content (AvgIpc) is 3.13. The van der Waals surface area contributed by atoms with E-state index in [1.165, 1.54) is 36.4 Å². The van der Waals surface area contributed by atoms with Gasteiger partial charge in [0.2, 0.25) is 22.7 Å². The SMILES string of the molecule is CC(C)CN(C[C@@H](O)[C@H](C)NC(=O)[C@H](C)CS(C)(=O)=O)S(=O)(=O)c1ccc2c(c1)OCO2. The first-order valence-electron chi connectivity index (χ1n) is 10.3. The predicted molar refractivity (Wildman–Crippen MR) is 119 cm³/mol. The molecule has 0 bridgehead atoms. The number of benzene rings is 1. The molecule has 0 aliphatic carbocycles. The summed E-state index contributed by atoms with van der Waals surface area (Å²) >= 11 is 0. The van der Waals surface area contributed by atoms with Gasteiger partial charge in [-0.1, -0.05) is 20.8 Å². The molecule has 10 nitrogen and oxygen atoms in total. The second-order valence-corrected chi connectivity index (χ2v) is 12.7. The van der Waals surface area contributed by atoms with E-state index in [0.29, 0.717) is 11.5 Å². The molecule has 0 radical (unpaired) electrons. The van der Waals surface area contributed by atoms with E-state index in [4.69, 9.17) is 9.47 Å². The summed E-state index contributed by atoms with van der Waals surface area (Å²) in [5.74, 6) is -0.888. The first kappa shape index (κ1) is 26.4. The van der Waals surface area contributed by atoms with Gasteiger partial charge in [-0.15, -0.1) is 0 Å². The van der Waals surface area contributed by atoms with E-state index in [0.717, 1.165) is 6.26 Å². The van der Waals surface area contributed by atoms with Gasteiger partial charge in [0.1, 0.15) is 9.84 Å². The van der Waals surface area contributed by atoms with Gasteiger partial charge >= 0.3 is 0 Å². The highest BCUT2D eigenvalue weighted by molar-refractivity contribution is 7.90. The number of ether oxygens (including phenoxy) is 2. The minimum Gasteiger partial charge on any atom is -0.454 e. The molecule has 0 fully saturated rings. The fraction of sp³-hybridized carbons (Fsp3) is 0.650. The molecule has 1 aromatic rings. The number of amides is 1. The maximum absolute atomic E-state index is 13.3. The van der Waals surface area contributed by atoms with Crippen LogP contribution in [-0.2, 0) is 24.7 Å². The van der Waals surface area contributed by atoms with Gasteiger partial charge in [-0.25, -0.2) is 16.8 Å². The normalized spacial score (nSPS) is 16.8. The monoisotopic (exact) mass is 492 g/mol. The minimum absolute atomic E-state index is 0.00747. The number of hydrogen-bond donors (Lipinski definition) is 2. The molecule has 0 unspecified atom stereocenters. The molecule has 0 saturated heterocycles. The van der Waals surface area contributed by atoms with Crippen molar-refractivity contribution in [1.29, 1.82) is 0 Å². The van der Waals surface area contributed by atoms with Crippen molar-refractivity contribution in [2.24, 2.45) is 11.8 Å². The highest BCUT2D eigenvalue weighted by Crippen LogP contribution is 2.34. The third-order valence-corrected chi connectivity index (χ3v) is 7.82. The van der Waals surface area contributed by atoms with Crippen molar-refractivity contribution >= 4 is 25.8 Å². The van der Waals surface area contributed by atoms with Gasteiger partial charge in [-0.05, 0) is 25.0 Å². The highest BCUT2D eigenvalue weighted by atomic mass is 32.2. The van der Waals surface area contributed by atoms with Crippen molar-refractivity contribution in [3.63, 3.8) is 0 Å². The zero-order valence-corrected chi connectivity index (χ0v) is 20.6. The van der Waals surface area contributed by atoms with Crippen LogP contribution in [0.5, 0.6) is 11.5 Å². The number of aliphatic hydroxyl groups excluding tert-OH is 1. The molecule has 0 spiro atoms. The Bertz CT molecular complexity index is 1020. The summed E-state index contributed by atoms with van der Waals surface area (Å²) in [7, 11) is -7.31. The predicted octanol–water partition coefficient (Wildman–Crippen LogP) is 0.608. The van der Waals surface area contributed by atoms with Crippen molar-refractivity contribution < 1.29 is 36.2 Å². The number of aliphatic hydroxyl groups is 1. The van der Waals surface area contributed by atoms with Crippen LogP contribution >= 0.6 is 0 Å². The maximum atomic E-state index is 13.3. The van der Waals surface area contributed by atoms with Crippen LogP contribution in [0.25, 0.3) is 0 Å². The van der Waals surface area contributed by atoms with Crippen molar-refractivity contribution in [2.45, 2.75) is 44.7 Å². The van der Waals surface area contributed by atoms with Crippen LogP contribution in [0.1, 0.15) is 27.7 Å². The lowest BCUT2D eigenvalue weighted by molar-refractivity contribution is -0.125. The van der Waals surface area contributed by atoms with E-state index in [2.05, 4.69) is 5.32 Å². The van der Waals surface area contributed by atoms with Crippen molar-refractivity contribution in [2.75, 3.05) is 31.9 Å². The van der Waals surface area contributed by atoms with Gasteiger partial charge in [0.05, 0.1) is 22.8 Å². The second-order valence-electron chi connectivity index (χ2n) is 8.59. The second kappa shape index (κ2) is 10.4. The number of sulfonamides is 1. The van der Waals surface area contributed by atoms with Gasteiger partial charge in [0.25, 0.3) is 0 Å². The van der Waals surface area contributed by atoms with Crippen LogP contribution in [0.3, 0.4) is 0 Å². The Balaban J connectivity index is 2.14. The molecular weight excluding hydrogens is 460 g/mol. The Hall–Kier alpha value is -1.89. The third kappa shape index (κ3) is 7.06. The number of carbonyl (C=O) groups excluding carboxylic acids is 1. The molecule has 1 aromatic carbocycles. The topological polar surface area (TPSA) is 139 Å².